The molecule has 17 heavy (non-hydrogen) atoms. The van der Waals surface area contributed by atoms with Gasteiger partial charge in [-0.3, -0.25) is 9.69 Å². The Hall–Kier alpha value is -0.650. The SMILES string of the molecule is CCOC(CN)CN1CCCCC1C(=O)NC. The Kier molecular flexibility index (Phi) is 6.47. The Morgan fingerprint density at radius 3 is 2.94 bits per heavy atom. The molecule has 0 radical (unpaired) electrons. The number of likely N-dealkylation sites (tertiary alicyclic amines) is 1. The second kappa shape index (κ2) is 7.63. The molecule has 0 aromatic carbocycles. The van der Waals surface area contributed by atoms with Crippen molar-refractivity contribution in [2.75, 3.05) is 33.3 Å². The molecule has 100 valence electrons. The molecular formula is C12H25N3O2. The molecule has 1 aliphatic rings. The molecule has 0 aromatic rings. The van der Waals surface area contributed by atoms with Crippen LogP contribution in [0.2, 0.25) is 0 Å². The number of carbonyl (C=O) groups is 1. The minimum atomic E-state index is -0.0109. The van der Waals surface area contributed by atoms with Crippen molar-refractivity contribution >= 4 is 5.91 Å². The topological polar surface area (TPSA) is 67.6 Å². The number of nitrogens with two attached hydrogens (primary N) is 1. The molecule has 0 saturated carbocycles. The molecule has 5 nitrogen and oxygen atoms in total. The number of carbonyl (C=O) groups excluding carboxylic acids is 1. The van der Waals surface area contributed by atoms with Gasteiger partial charge in [-0.05, 0) is 26.3 Å². The number of likely N-dealkylation sites (N-methyl/N-ethyl adjacent to an activating group) is 1. The minimum Gasteiger partial charge on any atom is -0.376 e. The molecular weight excluding hydrogens is 218 g/mol. The molecule has 1 fully saturated rings. The van der Waals surface area contributed by atoms with Crippen LogP contribution in [0, 0.1) is 0 Å². The lowest BCUT2D eigenvalue weighted by atomic mass is 10.0. The van der Waals surface area contributed by atoms with Gasteiger partial charge in [-0.25, -0.2) is 0 Å². The summed E-state index contributed by atoms with van der Waals surface area (Å²) in [5.74, 6) is 0.108. The van der Waals surface area contributed by atoms with Crippen molar-refractivity contribution in [3.05, 3.63) is 0 Å². The van der Waals surface area contributed by atoms with Crippen molar-refractivity contribution in [1.82, 2.24) is 10.2 Å². The standard InChI is InChI=1S/C12H25N3O2/c1-3-17-10(8-13)9-15-7-5-4-6-11(15)12(16)14-2/h10-11H,3-9,13H2,1-2H3,(H,14,16). The van der Waals surface area contributed by atoms with E-state index in [4.69, 9.17) is 10.5 Å². The van der Waals surface area contributed by atoms with Crippen molar-refractivity contribution in [2.45, 2.75) is 38.3 Å². The van der Waals surface area contributed by atoms with E-state index in [1.807, 2.05) is 6.92 Å². The van der Waals surface area contributed by atoms with Crippen LogP contribution in [-0.2, 0) is 9.53 Å². The maximum Gasteiger partial charge on any atom is 0.237 e. The summed E-state index contributed by atoms with van der Waals surface area (Å²) in [4.78, 5) is 14.0. The molecule has 0 aromatic heterocycles. The van der Waals surface area contributed by atoms with Gasteiger partial charge in [0, 0.05) is 26.7 Å². The van der Waals surface area contributed by atoms with Crippen LogP contribution in [0.1, 0.15) is 26.2 Å². The van der Waals surface area contributed by atoms with Crippen LogP contribution < -0.4 is 11.1 Å². The molecule has 2 unspecified atom stereocenters. The molecule has 3 N–H and O–H groups in total. The molecule has 5 heteroatoms. The first-order valence-electron chi connectivity index (χ1n) is 6.50. The van der Waals surface area contributed by atoms with Crippen molar-refractivity contribution in [1.29, 1.82) is 0 Å². The number of nitrogens with one attached hydrogen (secondary N) is 1. The van der Waals surface area contributed by atoms with E-state index in [0.29, 0.717) is 13.2 Å². The van der Waals surface area contributed by atoms with Gasteiger partial charge in [0.2, 0.25) is 5.91 Å². The largest absolute Gasteiger partial charge is 0.376 e. The summed E-state index contributed by atoms with van der Waals surface area (Å²) in [6.07, 6.45) is 3.24. The molecule has 1 heterocycles. The zero-order valence-corrected chi connectivity index (χ0v) is 10.9. The lowest BCUT2D eigenvalue weighted by Crippen LogP contribution is -2.52. The zero-order chi connectivity index (χ0) is 12.7. The third-order valence-corrected chi connectivity index (χ3v) is 3.27. The summed E-state index contributed by atoms with van der Waals surface area (Å²) >= 11 is 0. The predicted molar refractivity (Wildman–Crippen MR) is 67.7 cm³/mol. The Morgan fingerprint density at radius 1 is 1.59 bits per heavy atom. The smallest absolute Gasteiger partial charge is 0.237 e. The normalized spacial score (nSPS) is 23.4. The number of hydrogen-bond acceptors (Lipinski definition) is 4. The van der Waals surface area contributed by atoms with Gasteiger partial charge in [0.05, 0.1) is 12.1 Å². The summed E-state index contributed by atoms with van der Waals surface area (Å²) in [7, 11) is 1.69. The van der Waals surface area contributed by atoms with Gasteiger partial charge >= 0.3 is 0 Å². The van der Waals surface area contributed by atoms with Crippen molar-refractivity contribution < 1.29 is 9.53 Å². The fourth-order valence-electron chi connectivity index (χ4n) is 2.37. The first kappa shape index (κ1) is 14.4. The number of piperidine rings is 1. The van der Waals surface area contributed by atoms with Gasteiger partial charge < -0.3 is 15.8 Å². The molecule has 0 bridgehead atoms. The van der Waals surface area contributed by atoms with E-state index in [1.54, 1.807) is 7.05 Å². The van der Waals surface area contributed by atoms with Gasteiger partial charge in [0.1, 0.15) is 0 Å². The maximum absolute atomic E-state index is 11.8. The van der Waals surface area contributed by atoms with E-state index in [-0.39, 0.29) is 18.1 Å². The zero-order valence-electron chi connectivity index (χ0n) is 10.9. The van der Waals surface area contributed by atoms with Crippen LogP contribution >= 0.6 is 0 Å². The number of amides is 1. The van der Waals surface area contributed by atoms with E-state index < -0.39 is 0 Å². The van der Waals surface area contributed by atoms with E-state index in [2.05, 4.69) is 10.2 Å². The van der Waals surface area contributed by atoms with Gasteiger partial charge in [-0.15, -0.1) is 0 Å². The highest BCUT2D eigenvalue weighted by atomic mass is 16.5. The van der Waals surface area contributed by atoms with Crippen LogP contribution in [0.5, 0.6) is 0 Å². The highest BCUT2D eigenvalue weighted by Gasteiger charge is 2.29. The molecule has 1 rings (SSSR count). The van der Waals surface area contributed by atoms with Crippen molar-refractivity contribution in [2.24, 2.45) is 5.73 Å². The average Bonchev–Trinajstić information content (AvgIpc) is 2.38. The highest BCUT2D eigenvalue weighted by molar-refractivity contribution is 5.81. The van der Waals surface area contributed by atoms with Crippen LogP contribution in [-0.4, -0.2) is 56.2 Å². The van der Waals surface area contributed by atoms with Crippen LogP contribution in [0.3, 0.4) is 0 Å². The lowest BCUT2D eigenvalue weighted by Gasteiger charge is -2.36. The van der Waals surface area contributed by atoms with Crippen LogP contribution in [0.4, 0.5) is 0 Å². The molecule has 2 atom stereocenters. The number of nitrogens with zero attached hydrogens (tertiary/aromatic N) is 1. The third kappa shape index (κ3) is 4.26. The van der Waals surface area contributed by atoms with E-state index in [0.717, 1.165) is 32.4 Å². The summed E-state index contributed by atoms with van der Waals surface area (Å²) in [6, 6.07) is -0.0109. The number of hydrogen-bond donors (Lipinski definition) is 2. The maximum atomic E-state index is 11.8. The molecule has 1 saturated heterocycles. The number of ether oxygens (including phenoxy) is 1. The third-order valence-electron chi connectivity index (χ3n) is 3.27. The van der Waals surface area contributed by atoms with Gasteiger partial charge in [0.15, 0.2) is 0 Å². The Balaban J connectivity index is 2.54. The van der Waals surface area contributed by atoms with E-state index in [1.165, 1.54) is 0 Å². The second-order valence-corrected chi connectivity index (χ2v) is 4.43. The highest BCUT2D eigenvalue weighted by Crippen LogP contribution is 2.17. The first-order chi connectivity index (χ1) is 8.22. The molecule has 1 aliphatic heterocycles. The average molecular weight is 243 g/mol. The summed E-state index contributed by atoms with van der Waals surface area (Å²) in [5.41, 5.74) is 5.68. The lowest BCUT2D eigenvalue weighted by molar-refractivity contribution is -0.128. The molecule has 1 amide bonds. The summed E-state index contributed by atoms with van der Waals surface area (Å²) in [6.45, 7) is 4.85. The summed E-state index contributed by atoms with van der Waals surface area (Å²) < 4.78 is 5.56. The molecule has 0 aliphatic carbocycles. The van der Waals surface area contributed by atoms with E-state index >= 15 is 0 Å². The van der Waals surface area contributed by atoms with Gasteiger partial charge in [-0.1, -0.05) is 6.42 Å². The Bertz CT molecular complexity index is 236. The first-order valence-corrected chi connectivity index (χ1v) is 6.50. The number of rotatable bonds is 6. The van der Waals surface area contributed by atoms with Crippen molar-refractivity contribution in [3.63, 3.8) is 0 Å². The van der Waals surface area contributed by atoms with Crippen LogP contribution in [0.25, 0.3) is 0 Å². The Morgan fingerprint density at radius 2 is 2.35 bits per heavy atom. The van der Waals surface area contributed by atoms with Crippen LogP contribution in [0.15, 0.2) is 0 Å². The quantitative estimate of drug-likeness (QED) is 0.686. The van der Waals surface area contributed by atoms with Crippen molar-refractivity contribution in [3.8, 4) is 0 Å². The second-order valence-electron chi connectivity index (χ2n) is 4.43. The summed E-state index contributed by atoms with van der Waals surface area (Å²) in [5, 5.41) is 2.74. The molecule has 0 spiro atoms. The minimum absolute atomic E-state index is 0.0109. The van der Waals surface area contributed by atoms with Gasteiger partial charge in [0.25, 0.3) is 0 Å². The Labute approximate surface area is 104 Å². The monoisotopic (exact) mass is 243 g/mol. The fraction of sp³-hybridized carbons (Fsp3) is 0.917. The fourth-order valence-corrected chi connectivity index (χ4v) is 2.37. The predicted octanol–water partition coefficient (Wildman–Crippen LogP) is -0.0493. The van der Waals surface area contributed by atoms with E-state index in [9.17, 15) is 4.79 Å². The van der Waals surface area contributed by atoms with Gasteiger partial charge in [-0.2, -0.15) is 0 Å².